The van der Waals surface area contributed by atoms with Crippen LogP contribution >= 0.6 is 11.3 Å². The summed E-state index contributed by atoms with van der Waals surface area (Å²) >= 11 is 1.11. The van der Waals surface area contributed by atoms with Crippen LogP contribution in [0.1, 0.15) is 26.4 Å². The number of fused-ring (bicyclic) bond motifs is 1. The zero-order valence-electron chi connectivity index (χ0n) is 17.3. The van der Waals surface area contributed by atoms with Crippen LogP contribution in [0.5, 0.6) is 0 Å². The first-order valence-electron chi connectivity index (χ1n) is 9.31. The summed E-state index contributed by atoms with van der Waals surface area (Å²) in [6.45, 7) is 2.39. The predicted molar refractivity (Wildman–Crippen MR) is 114 cm³/mol. The minimum Gasteiger partial charge on any atom is -0.465 e. The van der Waals surface area contributed by atoms with Gasteiger partial charge < -0.3 is 19.7 Å². The summed E-state index contributed by atoms with van der Waals surface area (Å²) in [6, 6.07) is 6.20. The zero-order valence-corrected chi connectivity index (χ0v) is 18.9. The number of esters is 1. The van der Waals surface area contributed by atoms with Crippen LogP contribution in [0.2, 0.25) is 0 Å². The molecule has 1 aliphatic rings. The fourth-order valence-corrected chi connectivity index (χ4v) is 5.66. The average molecular weight is 467 g/mol. The lowest BCUT2D eigenvalue weighted by Gasteiger charge is -2.25. The molecule has 1 aromatic heterocycles. The van der Waals surface area contributed by atoms with Crippen LogP contribution in [0.15, 0.2) is 29.2 Å². The molecule has 0 saturated carbocycles. The summed E-state index contributed by atoms with van der Waals surface area (Å²) in [4.78, 5) is 39.0. The molecular formula is C20H22N2O7S2. The highest BCUT2D eigenvalue weighted by Crippen LogP contribution is 2.37. The molecule has 31 heavy (non-hydrogen) atoms. The number of hydrogen-bond acceptors (Lipinski definition) is 8. The van der Waals surface area contributed by atoms with Crippen molar-refractivity contribution in [2.75, 3.05) is 31.8 Å². The van der Waals surface area contributed by atoms with E-state index in [1.54, 1.807) is 12.1 Å². The molecular weight excluding hydrogens is 444 g/mol. The van der Waals surface area contributed by atoms with Gasteiger partial charge in [-0.15, -0.1) is 11.3 Å². The molecule has 1 N–H and O–H groups in total. The molecule has 2 heterocycles. The summed E-state index contributed by atoms with van der Waals surface area (Å²) in [6.07, 6.45) is -0.114. The average Bonchev–Trinajstić information content (AvgIpc) is 3.09. The minimum atomic E-state index is -3.85. The first kappa shape index (κ1) is 22.8. The number of amides is 2. The smallest absolute Gasteiger partial charge is 0.409 e. The van der Waals surface area contributed by atoms with Crippen LogP contribution < -0.4 is 5.32 Å². The molecule has 0 aliphatic carbocycles. The molecule has 0 atom stereocenters. The molecule has 11 heteroatoms. The molecule has 0 radical (unpaired) electrons. The van der Waals surface area contributed by atoms with Crippen molar-refractivity contribution in [1.82, 2.24) is 4.90 Å². The van der Waals surface area contributed by atoms with E-state index in [2.05, 4.69) is 5.32 Å². The van der Waals surface area contributed by atoms with Gasteiger partial charge in [-0.05, 0) is 31.0 Å². The standard InChI is InChI=1S/C20H22N2O7S2/c1-12-4-6-13(7-5-12)31(26,27)11-16(23)21-18-17(19(24)28-2)14-8-9-22(20(25)29-3)10-15(14)30-18/h4-7H,8-11H2,1-3H3,(H,21,23). The largest absolute Gasteiger partial charge is 0.465 e. The number of rotatable bonds is 5. The molecule has 2 aromatic rings. The molecule has 0 spiro atoms. The highest BCUT2D eigenvalue weighted by atomic mass is 32.2. The minimum absolute atomic E-state index is 0.0423. The maximum atomic E-state index is 12.6. The van der Waals surface area contributed by atoms with Gasteiger partial charge in [-0.1, -0.05) is 17.7 Å². The van der Waals surface area contributed by atoms with Gasteiger partial charge in [0.15, 0.2) is 9.84 Å². The van der Waals surface area contributed by atoms with Crippen molar-refractivity contribution in [3.8, 4) is 0 Å². The maximum absolute atomic E-state index is 12.6. The van der Waals surface area contributed by atoms with Gasteiger partial charge in [0, 0.05) is 11.4 Å². The van der Waals surface area contributed by atoms with Gasteiger partial charge in [0.05, 0.1) is 31.2 Å². The number of anilines is 1. The predicted octanol–water partition coefficient (Wildman–Crippen LogP) is 2.38. The second-order valence-electron chi connectivity index (χ2n) is 6.96. The molecule has 0 unspecified atom stereocenters. The lowest BCUT2D eigenvalue weighted by molar-refractivity contribution is -0.113. The Balaban J connectivity index is 1.84. The number of nitrogens with one attached hydrogen (secondary N) is 1. The quantitative estimate of drug-likeness (QED) is 0.672. The molecule has 166 valence electrons. The van der Waals surface area contributed by atoms with E-state index < -0.39 is 33.6 Å². The number of hydrogen-bond donors (Lipinski definition) is 1. The second-order valence-corrected chi connectivity index (χ2v) is 10.1. The molecule has 9 nitrogen and oxygen atoms in total. The third-order valence-corrected chi connectivity index (χ3v) is 7.60. The number of aryl methyl sites for hydroxylation is 1. The number of thiophene rings is 1. The van der Waals surface area contributed by atoms with Crippen molar-refractivity contribution in [3.05, 3.63) is 45.8 Å². The van der Waals surface area contributed by atoms with Crippen molar-refractivity contribution in [2.24, 2.45) is 0 Å². The number of sulfone groups is 1. The monoisotopic (exact) mass is 466 g/mol. The number of methoxy groups -OCH3 is 2. The van der Waals surface area contributed by atoms with Crippen molar-refractivity contribution in [3.63, 3.8) is 0 Å². The Morgan fingerprint density at radius 1 is 1.13 bits per heavy atom. The topological polar surface area (TPSA) is 119 Å². The third-order valence-electron chi connectivity index (χ3n) is 4.83. The van der Waals surface area contributed by atoms with E-state index in [1.807, 2.05) is 6.92 Å². The Morgan fingerprint density at radius 3 is 2.42 bits per heavy atom. The molecule has 2 amide bonds. The Bertz CT molecular complexity index is 1120. The Hall–Kier alpha value is -2.92. The van der Waals surface area contributed by atoms with Crippen LogP contribution in [-0.2, 0) is 37.1 Å². The lowest BCUT2D eigenvalue weighted by Crippen LogP contribution is -2.35. The van der Waals surface area contributed by atoms with E-state index in [4.69, 9.17) is 9.47 Å². The zero-order chi connectivity index (χ0) is 22.8. The molecule has 1 aromatic carbocycles. The number of carbonyl (C=O) groups is 3. The Kier molecular flexibility index (Phi) is 6.65. The van der Waals surface area contributed by atoms with Crippen molar-refractivity contribution >= 4 is 44.1 Å². The van der Waals surface area contributed by atoms with Gasteiger partial charge in [-0.25, -0.2) is 18.0 Å². The summed E-state index contributed by atoms with van der Waals surface area (Å²) in [5, 5.41) is 2.74. The van der Waals surface area contributed by atoms with E-state index in [-0.39, 0.29) is 22.0 Å². The van der Waals surface area contributed by atoms with Crippen LogP contribution in [0.4, 0.5) is 9.80 Å². The third kappa shape index (κ3) is 4.88. The normalized spacial score (nSPS) is 13.3. The van der Waals surface area contributed by atoms with Crippen molar-refractivity contribution in [1.29, 1.82) is 0 Å². The Morgan fingerprint density at radius 2 is 1.81 bits per heavy atom. The van der Waals surface area contributed by atoms with Crippen LogP contribution in [0.3, 0.4) is 0 Å². The fourth-order valence-electron chi connectivity index (χ4n) is 3.26. The van der Waals surface area contributed by atoms with Gasteiger partial charge in [-0.3, -0.25) is 4.79 Å². The summed E-state index contributed by atoms with van der Waals surface area (Å²) in [5.74, 6) is -2.18. The summed E-state index contributed by atoms with van der Waals surface area (Å²) < 4.78 is 34.7. The lowest BCUT2D eigenvalue weighted by atomic mass is 10.0. The van der Waals surface area contributed by atoms with Gasteiger partial charge in [0.25, 0.3) is 0 Å². The van der Waals surface area contributed by atoms with Crippen molar-refractivity contribution in [2.45, 2.75) is 24.8 Å². The summed E-state index contributed by atoms with van der Waals surface area (Å²) in [5.41, 5.74) is 1.76. The highest BCUT2D eigenvalue weighted by Gasteiger charge is 2.31. The molecule has 0 saturated heterocycles. The number of carbonyl (C=O) groups excluding carboxylic acids is 3. The van der Waals surface area contributed by atoms with Gasteiger partial charge in [0.1, 0.15) is 10.8 Å². The first-order valence-corrected chi connectivity index (χ1v) is 11.8. The number of nitrogens with zero attached hydrogens (tertiary/aromatic N) is 1. The van der Waals surface area contributed by atoms with Crippen molar-refractivity contribution < 1.29 is 32.3 Å². The van der Waals surface area contributed by atoms with E-state index in [9.17, 15) is 22.8 Å². The van der Waals surface area contributed by atoms with Gasteiger partial charge in [0.2, 0.25) is 5.91 Å². The molecule has 1 aliphatic heterocycles. The molecule has 3 rings (SSSR count). The fraction of sp³-hybridized carbons (Fsp3) is 0.350. The summed E-state index contributed by atoms with van der Waals surface area (Å²) in [7, 11) is -1.34. The second kappa shape index (κ2) is 9.06. The van der Waals surface area contributed by atoms with Gasteiger partial charge in [-0.2, -0.15) is 0 Å². The van der Waals surface area contributed by atoms with Crippen LogP contribution in [0, 0.1) is 6.92 Å². The molecule has 0 fully saturated rings. The van der Waals surface area contributed by atoms with E-state index in [0.29, 0.717) is 23.4 Å². The van der Waals surface area contributed by atoms with Crippen LogP contribution in [-0.4, -0.2) is 57.8 Å². The number of benzene rings is 1. The molecule has 0 bridgehead atoms. The first-order chi connectivity index (χ1) is 14.7. The van der Waals surface area contributed by atoms with E-state index in [0.717, 1.165) is 16.9 Å². The van der Waals surface area contributed by atoms with Gasteiger partial charge >= 0.3 is 12.1 Å². The SMILES string of the molecule is COC(=O)c1c(NC(=O)CS(=O)(=O)c2ccc(C)cc2)sc2c1CCN(C(=O)OC)C2. The highest BCUT2D eigenvalue weighted by molar-refractivity contribution is 7.92. The van der Waals surface area contributed by atoms with E-state index in [1.165, 1.54) is 31.3 Å². The number of ether oxygens (including phenoxy) is 2. The Labute approximate surface area is 183 Å². The van der Waals surface area contributed by atoms with E-state index >= 15 is 0 Å². The van der Waals surface area contributed by atoms with Crippen LogP contribution in [0.25, 0.3) is 0 Å². The maximum Gasteiger partial charge on any atom is 0.409 e.